The molecule has 0 radical (unpaired) electrons. The van der Waals surface area contributed by atoms with Crippen LogP contribution in [0.1, 0.15) is 43.8 Å². The SMILES string of the molecule is O=C1c2ccccc2C(=O)c2cc(-c3cc4c5c(c3)c(=O)ccn5CCC4)ccc21. The molecular weight excluding hydrogens is 374 g/mol. The van der Waals surface area contributed by atoms with E-state index in [1.165, 1.54) is 0 Å². The van der Waals surface area contributed by atoms with E-state index in [-0.39, 0.29) is 17.0 Å². The minimum Gasteiger partial charge on any atom is -0.347 e. The second-order valence-electron chi connectivity index (χ2n) is 7.97. The summed E-state index contributed by atoms with van der Waals surface area (Å²) in [5.41, 5.74) is 5.67. The first kappa shape index (κ1) is 17.1. The van der Waals surface area contributed by atoms with Gasteiger partial charge in [0.15, 0.2) is 17.0 Å². The van der Waals surface area contributed by atoms with E-state index in [9.17, 15) is 14.4 Å². The highest BCUT2D eigenvalue weighted by Gasteiger charge is 2.29. The first-order valence-corrected chi connectivity index (χ1v) is 10.1. The van der Waals surface area contributed by atoms with Crippen LogP contribution in [0.2, 0.25) is 0 Å². The lowest BCUT2D eigenvalue weighted by atomic mass is 9.82. The number of carbonyl (C=O) groups excluding carboxylic acids is 2. The number of carbonyl (C=O) groups is 2. The maximum absolute atomic E-state index is 13.1. The van der Waals surface area contributed by atoms with Gasteiger partial charge in [0.2, 0.25) is 0 Å². The second kappa shape index (κ2) is 6.10. The summed E-state index contributed by atoms with van der Waals surface area (Å²) in [7, 11) is 0. The lowest BCUT2D eigenvalue weighted by Crippen LogP contribution is -2.20. The van der Waals surface area contributed by atoms with E-state index in [4.69, 9.17) is 0 Å². The molecule has 3 aromatic carbocycles. The van der Waals surface area contributed by atoms with Crippen molar-refractivity contribution in [1.29, 1.82) is 0 Å². The third kappa shape index (κ3) is 2.31. The number of aryl methyl sites for hydroxylation is 2. The number of benzene rings is 3. The van der Waals surface area contributed by atoms with Crippen molar-refractivity contribution in [1.82, 2.24) is 4.57 Å². The normalized spacial score (nSPS) is 14.5. The smallest absolute Gasteiger partial charge is 0.194 e. The number of pyridine rings is 1. The van der Waals surface area contributed by atoms with E-state index >= 15 is 0 Å². The van der Waals surface area contributed by atoms with Gasteiger partial charge in [0.1, 0.15) is 0 Å². The van der Waals surface area contributed by atoms with Gasteiger partial charge in [0, 0.05) is 46.4 Å². The van der Waals surface area contributed by atoms with E-state index in [2.05, 4.69) is 10.6 Å². The van der Waals surface area contributed by atoms with Crippen LogP contribution >= 0.6 is 0 Å². The monoisotopic (exact) mass is 391 g/mol. The van der Waals surface area contributed by atoms with Gasteiger partial charge in [0.25, 0.3) is 0 Å². The van der Waals surface area contributed by atoms with Crippen LogP contribution in [0.25, 0.3) is 22.0 Å². The lowest BCUT2D eigenvalue weighted by Gasteiger charge is -2.21. The Morgan fingerprint density at radius 1 is 0.700 bits per heavy atom. The summed E-state index contributed by atoms with van der Waals surface area (Å²) < 4.78 is 2.14. The molecule has 4 aromatic rings. The molecule has 1 aromatic heterocycles. The Kier molecular flexibility index (Phi) is 3.48. The van der Waals surface area contributed by atoms with Crippen molar-refractivity contribution < 1.29 is 9.59 Å². The minimum absolute atomic E-state index is 0.00407. The Labute approximate surface area is 172 Å². The molecule has 0 N–H and O–H groups in total. The zero-order chi connectivity index (χ0) is 20.4. The first-order valence-electron chi connectivity index (χ1n) is 10.1. The highest BCUT2D eigenvalue weighted by atomic mass is 16.1. The van der Waals surface area contributed by atoms with Crippen molar-refractivity contribution in [2.75, 3.05) is 0 Å². The fraction of sp³-hybridized carbons (Fsp3) is 0.115. The predicted octanol–water partition coefficient (Wildman–Crippen LogP) is 4.39. The first-order chi connectivity index (χ1) is 14.6. The van der Waals surface area contributed by atoms with Crippen molar-refractivity contribution in [2.24, 2.45) is 0 Å². The molecule has 0 saturated carbocycles. The number of hydrogen-bond acceptors (Lipinski definition) is 3. The summed E-state index contributed by atoms with van der Waals surface area (Å²) >= 11 is 0. The Morgan fingerprint density at radius 2 is 1.43 bits per heavy atom. The minimum atomic E-state index is -0.133. The molecule has 2 aliphatic rings. The molecule has 6 rings (SSSR count). The third-order valence-electron chi connectivity index (χ3n) is 6.25. The molecule has 0 bridgehead atoms. The van der Waals surface area contributed by atoms with Crippen molar-refractivity contribution in [3.05, 3.63) is 105 Å². The molecule has 0 fully saturated rings. The molecule has 1 aliphatic heterocycles. The largest absolute Gasteiger partial charge is 0.347 e. The fourth-order valence-corrected chi connectivity index (χ4v) is 4.81. The second-order valence-corrected chi connectivity index (χ2v) is 7.97. The van der Waals surface area contributed by atoms with Crippen molar-refractivity contribution in [3.63, 3.8) is 0 Å². The molecule has 0 unspecified atom stereocenters. The highest BCUT2D eigenvalue weighted by Crippen LogP contribution is 2.33. The van der Waals surface area contributed by atoms with Gasteiger partial charge < -0.3 is 4.57 Å². The topological polar surface area (TPSA) is 56.1 Å². The molecule has 0 amide bonds. The molecule has 2 heterocycles. The number of hydrogen-bond donors (Lipinski definition) is 0. The third-order valence-corrected chi connectivity index (χ3v) is 6.25. The summed E-state index contributed by atoms with van der Waals surface area (Å²) in [6.07, 6.45) is 3.82. The van der Waals surface area contributed by atoms with Gasteiger partial charge in [-0.15, -0.1) is 0 Å². The van der Waals surface area contributed by atoms with Gasteiger partial charge >= 0.3 is 0 Å². The maximum atomic E-state index is 13.1. The number of nitrogens with zero attached hydrogens (tertiary/aromatic N) is 1. The number of aromatic nitrogens is 1. The highest BCUT2D eigenvalue weighted by molar-refractivity contribution is 6.28. The number of rotatable bonds is 1. The lowest BCUT2D eigenvalue weighted by molar-refractivity contribution is 0.0979. The maximum Gasteiger partial charge on any atom is 0.194 e. The fourth-order valence-electron chi connectivity index (χ4n) is 4.81. The average Bonchev–Trinajstić information content (AvgIpc) is 2.79. The summed E-state index contributed by atoms with van der Waals surface area (Å²) in [5, 5.41) is 0.704. The zero-order valence-electron chi connectivity index (χ0n) is 16.1. The van der Waals surface area contributed by atoms with E-state index in [0.717, 1.165) is 41.6 Å². The van der Waals surface area contributed by atoms with E-state index in [1.807, 2.05) is 18.3 Å². The number of ketones is 2. The molecule has 4 heteroatoms. The molecular formula is C26H17NO3. The van der Waals surface area contributed by atoms with Crippen LogP contribution < -0.4 is 5.43 Å². The molecule has 144 valence electrons. The van der Waals surface area contributed by atoms with E-state index < -0.39 is 0 Å². The van der Waals surface area contributed by atoms with Crippen LogP contribution in [-0.4, -0.2) is 16.1 Å². The van der Waals surface area contributed by atoms with Crippen molar-refractivity contribution >= 4 is 22.5 Å². The van der Waals surface area contributed by atoms with Crippen LogP contribution in [0, 0.1) is 0 Å². The number of fused-ring (bicyclic) bond motifs is 2. The van der Waals surface area contributed by atoms with Crippen LogP contribution in [0.3, 0.4) is 0 Å². The summed E-state index contributed by atoms with van der Waals surface area (Å²) in [5.74, 6) is -0.255. The van der Waals surface area contributed by atoms with Crippen LogP contribution in [0.15, 0.2) is 71.7 Å². The zero-order valence-corrected chi connectivity index (χ0v) is 16.1. The predicted molar refractivity (Wildman–Crippen MR) is 115 cm³/mol. The molecule has 30 heavy (non-hydrogen) atoms. The average molecular weight is 391 g/mol. The Hall–Kier alpha value is -3.79. The quantitative estimate of drug-likeness (QED) is 0.426. The van der Waals surface area contributed by atoms with E-state index in [1.54, 1.807) is 42.5 Å². The summed E-state index contributed by atoms with van der Waals surface area (Å²) in [6, 6.07) is 18.0. The summed E-state index contributed by atoms with van der Waals surface area (Å²) in [6.45, 7) is 0.915. The van der Waals surface area contributed by atoms with Crippen LogP contribution in [0.4, 0.5) is 0 Å². The summed E-state index contributed by atoms with van der Waals surface area (Å²) in [4.78, 5) is 38.5. The molecule has 0 atom stereocenters. The van der Waals surface area contributed by atoms with Gasteiger partial charge in [-0.05, 0) is 53.8 Å². The Morgan fingerprint density at radius 3 is 2.23 bits per heavy atom. The Bertz CT molecular complexity index is 1480. The van der Waals surface area contributed by atoms with Crippen LogP contribution in [0.5, 0.6) is 0 Å². The van der Waals surface area contributed by atoms with Crippen molar-refractivity contribution in [2.45, 2.75) is 19.4 Å². The molecule has 1 aliphatic carbocycles. The van der Waals surface area contributed by atoms with Gasteiger partial charge in [-0.2, -0.15) is 0 Å². The van der Waals surface area contributed by atoms with Gasteiger partial charge in [-0.25, -0.2) is 0 Å². The van der Waals surface area contributed by atoms with Crippen LogP contribution in [-0.2, 0) is 13.0 Å². The van der Waals surface area contributed by atoms with Gasteiger partial charge in [-0.3, -0.25) is 14.4 Å². The Balaban J connectivity index is 1.56. The standard InChI is InChI=1S/C26H17NO3/c28-23-9-11-27-10-3-4-16-12-17(14-22(23)24(16)27)15-7-8-20-21(13-15)26(30)19-6-2-1-5-18(19)25(20)29/h1-2,5-9,11-14H,3-4,10H2. The molecule has 0 spiro atoms. The molecule has 0 saturated heterocycles. The van der Waals surface area contributed by atoms with Gasteiger partial charge in [0.05, 0.1) is 5.52 Å². The van der Waals surface area contributed by atoms with Crippen molar-refractivity contribution in [3.8, 4) is 11.1 Å². The molecule has 4 nitrogen and oxygen atoms in total. The van der Waals surface area contributed by atoms with Gasteiger partial charge in [-0.1, -0.05) is 30.3 Å². The van der Waals surface area contributed by atoms with E-state index in [0.29, 0.717) is 27.6 Å².